The number of hydrogen-bond donors (Lipinski definition) is 1. The van der Waals surface area contributed by atoms with E-state index in [0.717, 1.165) is 0 Å². The van der Waals surface area contributed by atoms with Gasteiger partial charge < -0.3 is 10.1 Å². The van der Waals surface area contributed by atoms with E-state index >= 15 is 0 Å². The third-order valence-corrected chi connectivity index (χ3v) is 3.06. The maximum absolute atomic E-state index is 12.1. The number of halogens is 4. The van der Waals surface area contributed by atoms with Gasteiger partial charge in [0.25, 0.3) is 5.91 Å². The molecule has 1 N–H and O–H groups in total. The predicted octanol–water partition coefficient (Wildman–Crippen LogP) is 4.85. The predicted molar refractivity (Wildman–Crippen MR) is 77.5 cm³/mol. The molecule has 0 radical (unpaired) electrons. The van der Waals surface area contributed by atoms with Gasteiger partial charge in [-0.3, -0.25) is 4.79 Å². The van der Waals surface area contributed by atoms with Crippen molar-refractivity contribution in [3.05, 3.63) is 58.1 Å². The fraction of sp³-hybridized carbons (Fsp3) is 0.0714. The smallest absolute Gasteiger partial charge is 0.387 e. The minimum Gasteiger partial charge on any atom is -0.435 e. The molecule has 0 bridgehead atoms. The molecule has 0 spiro atoms. The van der Waals surface area contributed by atoms with Gasteiger partial charge in [-0.2, -0.15) is 8.78 Å². The highest BCUT2D eigenvalue weighted by molar-refractivity contribution is 6.35. The molecule has 0 heterocycles. The van der Waals surface area contributed by atoms with E-state index in [-0.39, 0.29) is 11.3 Å². The van der Waals surface area contributed by atoms with Crippen LogP contribution in [0.5, 0.6) is 5.75 Å². The molecular formula is C14H9Cl2F2NO2. The Morgan fingerprint density at radius 2 is 1.90 bits per heavy atom. The number of nitrogens with one attached hydrogen (secondary N) is 1. The molecule has 1 amide bonds. The lowest BCUT2D eigenvalue weighted by molar-refractivity contribution is -0.0498. The standard InChI is InChI=1S/C14H9Cl2F2NO2/c15-9-4-5-11(16)12(7-9)19-13(20)8-2-1-3-10(6-8)21-14(17)18/h1-7,14H,(H,19,20). The summed E-state index contributed by atoms with van der Waals surface area (Å²) in [6.45, 7) is -2.95. The Labute approximate surface area is 129 Å². The topological polar surface area (TPSA) is 38.3 Å². The molecule has 0 aliphatic rings. The molecule has 0 aliphatic heterocycles. The van der Waals surface area contributed by atoms with Crippen molar-refractivity contribution in [2.75, 3.05) is 5.32 Å². The molecule has 3 nitrogen and oxygen atoms in total. The maximum atomic E-state index is 12.1. The van der Waals surface area contributed by atoms with Crippen molar-refractivity contribution in [3.63, 3.8) is 0 Å². The van der Waals surface area contributed by atoms with E-state index in [1.807, 2.05) is 0 Å². The van der Waals surface area contributed by atoms with Crippen LogP contribution in [0, 0.1) is 0 Å². The van der Waals surface area contributed by atoms with Crippen molar-refractivity contribution >= 4 is 34.8 Å². The van der Waals surface area contributed by atoms with E-state index in [1.165, 1.54) is 36.4 Å². The normalized spacial score (nSPS) is 10.5. The monoisotopic (exact) mass is 331 g/mol. The van der Waals surface area contributed by atoms with Crippen molar-refractivity contribution in [3.8, 4) is 5.75 Å². The molecule has 7 heteroatoms. The summed E-state index contributed by atoms with van der Waals surface area (Å²) in [6.07, 6.45) is 0. The first-order valence-electron chi connectivity index (χ1n) is 5.77. The first-order chi connectivity index (χ1) is 9.95. The summed E-state index contributed by atoms with van der Waals surface area (Å²) >= 11 is 11.7. The lowest BCUT2D eigenvalue weighted by Crippen LogP contribution is -2.12. The second kappa shape index (κ2) is 6.74. The van der Waals surface area contributed by atoms with Gasteiger partial charge in [0.15, 0.2) is 0 Å². The van der Waals surface area contributed by atoms with Crippen LogP contribution >= 0.6 is 23.2 Å². The Morgan fingerprint density at radius 1 is 1.14 bits per heavy atom. The van der Waals surface area contributed by atoms with E-state index < -0.39 is 12.5 Å². The molecule has 2 aromatic rings. The number of hydrogen-bond acceptors (Lipinski definition) is 2. The molecule has 2 aromatic carbocycles. The quantitative estimate of drug-likeness (QED) is 0.869. The summed E-state index contributed by atoms with van der Waals surface area (Å²) in [5.74, 6) is -0.617. The zero-order chi connectivity index (χ0) is 15.4. The van der Waals surface area contributed by atoms with E-state index in [9.17, 15) is 13.6 Å². The molecule has 2 rings (SSSR count). The number of anilines is 1. The number of rotatable bonds is 4. The molecule has 0 aliphatic carbocycles. The lowest BCUT2D eigenvalue weighted by atomic mass is 10.2. The number of amides is 1. The largest absolute Gasteiger partial charge is 0.435 e. The second-order valence-corrected chi connectivity index (χ2v) is 4.83. The minimum absolute atomic E-state index is 0.102. The Balaban J connectivity index is 2.18. The first kappa shape index (κ1) is 15.5. The molecular weight excluding hydrogens is 323 g/mol. The van der Waals surface area contributed by atoms with Crippen molar-refractivity contribution in [1.29, 1.82) is 0 Å². The summed E-state index contributed by atoms with van der Waals surface area (Å²) in [5, 5.41) is 3.27. The minimum atomic E-state index is -2.95. The van der Waals surface area contributed by atoms with Crippen LogP contribution in [0.25, 0.3) is 0 Å². The van der Waals surface area contributed by atoms with Gasteiger partial charge >= 0.3 is 6.61 Å². The Bertz CT molecular complexity index is 665. The third-order valence-electron chi connectivity index (χ3n) is 2.50. The number of carbonyl (C=O) groups excluding carboxylic acids is 1. The number of ether oxygens (including phenoxy) is 1. The fourth-order valence-corrected chi connectivity index (χ4v) is 1.94. The molecule has 0 saturated heterocycles. The van der Waals surface area contributed by atoms with E-state index in [0.29, 0.717) is 15.7 Å². The molecule has 0 unspecified atom stereocenters. The van der Waals surface area contributed by atoms with Crippen LogP contribution < -0.4 is 10.1 Å². The van der Waals surface area contributed by atoms with Crippen LogP contribution in [0.3, 0.4) is 0 Å². The number of alkyl halides is 2. The summed E-state index contributed by atoms with van der Waals surface area (Å²) in [7, 11) is 0. The first-order valence-corrected chi connectivity index (χ1v) is 6.52. The van der Waals surface area contributed by atoms with Crippen molar-refractivity contribution in [1.82, 2.24) is 0 Å². The molecule has 0 aromatic heterocycles. The average molecular weight is 332 g/mol. The van der Waals surface area contributed by atoms with Gasteiger partial charge in [-0.15, -0.1) is 0 Å². The molecule has 21 heavy (non-hydrogen) atoms. The zero-order valence-corrected chi connectivity index (χ0v) is 12.0. The van der Waals surface area contributed by atoms with Crippen LogP contribution in [0.1, 0.15) is 10.4 Å². The summed E-state index contributed by atoms with van der Waals surface area (Å²) in [5.41, 5.74) is 0.485. The van der Waals surface area contributed by atoms with Gasteiger partial charge in [0, 0.05) is 10.6 Å². The number of carbonyl (C=O) groups is 1. The van der Waals surface area contributed by atoms with E-state index in [4.69, 9.17) is 23.2 Å². The summed E-state index contributed by atoms with van der Waals surface area (Å²) < 4.78 is 28.5. The Kier molecular flexibility index (Phi) is 4.98. The van der Waals surface area contributed by atoms with Gasteiger partial charge in [0.05, 0.1) is 10.7 Å². The van der Waals surface area contributed by atoms with Gasteiger partial charge in [0.2, 0.25) is 0 Å². The van der Waals surface area contributed by atoms with Gasteiger partial charge in [-0.25, -0.2) is 0 Å². The highest BCUT2D eigenvalue weighted by Crippen LogP contribution is 2.26. The molecule has 0 fully saturated rings. The highest BCUT2D eigenvalue weighted by Gasteiger charge is 2.11. The van der Waals surface area contributed by atoms with Gasteiger partial charge in [-0.05, 0) is 36.4 Å². The molecule has 0 saturated carbocycles. The zero-order valence-electron chi connectivity index (χ0n) is 10.4. The van der Waals surface area contributed by atoms with E-state index in [1.54, 1.807) is 6.07 Å². The maximum Gasteiger partial charge on any atom is 0.387 e. The van der Waals surface area contributed by atoms with Crippen molar-refractivity contribution < 1.29 is 18.3 Å². The van der Waals surface area contributed by atoms with Crippen LogP contribution in [-0.4, -0.2) is 12.5 Å². The molecule has 0 atom stereocenters. The molecule has 110 valence electrons. The summed E-state index contributed by atoms with van der Waals surface area (Å²) in [6, 6.07) is 10.0. The number of benzene rings is 2. The van der Waals surface area contributed by atoms with Crippen LogP contribution in [0.2, 0.25) is 10.0 Å². The Hall–Kier alpha value is -1.85. The van der Waals surface area contributed by atoms with Crippen molar-refractivity contribution in [2.45, 2.75) is 6.61 Å². The van der Waals surface area contributed by atoms with Crippen LogP contribution in [0.4, 0.5) is 14.5 Å². The lowest BCUT2D eigenvalue weighted by Gasteiger charge is -2.09. The fourth-order valence-electron chi connectivity index (χ4n) is 1.60. The highest BCUT2D eigenvalue weighted by atomic mass is 35.5. The third kappa shape index (κ3) is 4.31. The Morgan fingerprint density at radius 3 is 2.62 bits per heavy atom. The van der Waals surface area contributed by atoms with Crippen LogP contribution in [-0.2, 0) is 0 Å². The average Bonchev–Trinajstić information content (AvgIpc) is 2.42. The second-order valence-electron chi connectivity index (χ2n) is 3.98. The summed E-state index contributed by atoms with van der Waals surface area (Å²) in [4.78, 5) is 12.1. The van der Waals surface area contributed by atoms with Crippen molar-refractivity contribution in [2.24, 2.45) is 0 Å². The van der Waals surface area contributed by atoms with E-state index in [2.05, 4.69) is 10.1 Å². The van der Waals surface area contributed by atoms with Crippen LogP contribution in [0.15, 0.2) is 42.5 Å². The van der Waals surface area contributed by atoms with Gasteiger partial charge in [0.1, 0.15) is 5.75 Å². The van der Waals surface area contributed by atoms with Gasteiger partial charge in [-0.1, -0.05) is 29.3 Å². The SMILES string of the molecule is O=C(Nc1cc(Cl)ccc1Cl)c1cccc(OC(F)F)c1.